The van der Waals surface area contributed by atoms with Crippen molar-refractivity contribution in [2.45, 2.75) is 12.8 Å². The monoisotopic (exact) mass is 459 g/mol. The average Bonchev–Trinajstić information content (AvgIpc) is 3.00. The van der Waals surface area contributed by atoms with Gasteiger partial charge in [0.2, 0.25) is 5.88 Å². The number of aromatic nitrogens is 2. The lowest BCUT2D eigenvalue weighted by atomic mass is 10.2. The zero-order valence-electron chi connectivity index (χ0n) is 15.3. The van der Waals surface area contributed by atoms with Crippen molar-refractivity contribution in [2.75, 3.05) is 5.32 Å². The highest BCUT2D eigenvalue weighted by atomic mass is 35.5. The van der Waals surface area contributed by atoms with E-state index in [9.17, 15) is 18.0 Å². The van der Waals surface area contributed by atoms with Crippen LogP contribution in [0.3, 0.4) is 0 Å². The van der Waals surface area contributed by atoms with Gasteiger partial charge in [0.1, 0.15) is 12.4 Å². The van der Waals surface area contributed by atoms with E-state index in [0.717, 1.165) is 4.68 Å². The molecule has 1 N–H and O–H groups in total. The van der Waals surface area contributed by atoms with Crippen molar-refractivity contribution < 1.29 is 27.4 Å². The van der Waals surface area contributed by atoms with Crippen LogP contribution in [-0.2, 0) is 24.6 Å². The lowest BCUT2D eigenvalue weighted by Crippen LogP contribution is -2.15. The third-order valence-corrected chi connectivity index (χ3v) is 4.33. The Hall–Kier alpha value is -2.91. The Labute approximate surface area is 179 Å². The van der Waals surface area contributed by atoms with E-state index in [4.69, 9.17) is 32.7 Å². The van der Waals surface area contributed by atoms with E-state index in [0.29, 0.717) is 15.7 Å². The Morgan fingerprint density at radius 1 is 1.07 bits per heavy atom. The van der Waals surface area contributed by atoms with E-state index in [1.165, 1.54) is 55.6 Å². The molecule has 0 unspecified atom stereocenters. The smallest absolute Gasteiger partial charge is 0.435 e. The molecule has 3 rings (SSSR count). The molecule has 11 heteroatoms. The second-order valence-corrected chi connectivity index (χ2v) is 6.89. The highest BCUT2D eigenvalue weighted by molar-refractivity contribution is 6.30. The van der Waals surface area contributed by atoms with Crippen LogP contribution in [-0.4, -0.2) is 15.9 Å². The minimum absolute atomic E-state index is 0.219. The molecule has 1 aromatic heterocycles. The molecule has 0 saturated heterocycles. The van der Waals surface area contributed by atoms with E-state index in [1.807, 2.05) is 0 Å². The molecule has 158 valence electrons. The van der Waals surface area contributed by atoms with Gasteiger partial charge in [0.05, 0.1) is 5.56 Å². The summed E-state index contributed by atoms with van der Waals surface area (Å²) in [6.45, 7) is -0.717. The van der Waals surface area contributed by atoms with Gasteiger partial charge < -0.3 is 9.47 Å². The van der Waals surface area contributed by atoms with E-state index in [2.05, 4.69) is 10.4 Å². The molecule has 0 radical (unpaired) electrons. The Morgan fingerprint density at radius 3 is 2.20 bits per heavy atom. The normalized spacial score (nSPS) is 11.3. The van der Waals surface area contributed by atoms with Gasteiger partial charge in [-0.15, -0.1) is 0 Å². The number of amides is 1. The zero-order valence-corrected chi connectivity index (χ0v) is 16.8. The van der Waals surface area contributed by atoms with Crippen LogP contribution in [0.5, 0.6) is 11.6 Å². The van der Waals surface area contributed by atoms with Gasteiger partial charge in [-0.1, -0.05) is 23.2 Å². The molecule has 1 amide bonds. The first-order valence-electron chi connectivity index (χ1n) is 8.39. The molecule has 0 spiro atoms. The number of anilines is 1. The van der Waals surface area contributed by atoms with Gasteiger partial charge in [0.25, 0.3) is 0 Å². The molecule has 30 heavy (non-hydrogen) atoms. The maximum absolute atomic E-state index is 13.4. The average molecular weight is 460 g/mol. The molecule has 0 bridgehead atoms. The quantitative estimate of drug-likeness (QED) is 0.486. The van der Waals surface area contributed by atoms with Crippen LogP contribution in [0, 0.1) is 0 Å². The largest absolute Gasteiger partial charge is 0.444 e. The summed E-state index contributed by atoms with van der Waals surface area (Å²) in [6, 6.07) is 12.1. The van der Waals surface area contributed by atoms with Crippen LogP contribution >= 0.6 is 23.2 Å². The molecule has 0 aliphatic carbocycles. The van der Waals surface area contributed by atoms with Crippen molar-refractivity contribution >= 4 is 35.0 Å². The molecule has 0 saturated carbocycles. The minimum atomic E-state index is -4.77. The lowest BCUT2D eigenvalue weighted by molar-refractivity contribution is -0.142. The molecule has 2 aromatic carbocycles. The summed E-state index contributed by atoms with van der Waals surface area (Å²) in [5, 5.41) is 6.77. The number of carbonyl (C=O) groups excluding carboxylic acids is 1. The van der Waals surface area contributed by atoms with E-state index < -0.39 is 30.1 Å². The fourth-order valence-corrected chi connectivity index (χ4v) is 2.73. The molecule has 6 nitrogen and oxygen atoms in total. The predicted octanol–water partition coefficient (Wildman–Crippen LogP) is 6.29. The number of benzene rings is 2. The van der Waals surface area contributed by atoms with Crippen LogP contribution < -0.4 is 10.1 Å². The third-order valence-electron chi connectivity index (χ3n) is 3.82. The number of ether oxygens (including phenoxy) is 2. The van der Waals surface area contributed by atoms with Crippen LogP contribution in [0.15, 0.2) is 48.5 Å². The van der Waals surface area contributed by atoms with Gasteiger partial charge in [0, 0.05) is 22.8 Å². The summed E-state index contributed by atoms with van der Waals surface area (Å²) < 4.78 is 51.7. The summed E-state index contributed by atoms with van der Waals surface area (Å²) in [5.74, 6) is 0.0203. The van der Waals surface area contributed by atoms with Crippen molar-refractivity contribution in [3.63, 3.8) is 0 Å². The molecule has 0 atom stereocenters. The lowest BCUT2D eigenvalue weighted by Gasteiger charge is -2.11. The molecule has 0 fully saturated rings. The number of nitrogens with zero attached hydrogens (tertiary/aromatic N) is 2. The van der Waals surface area contributed by atoms with Gasteiger partial charge >= 0.3 is 12.3 Å². The number of nitrogens with one attached hydrogen (secondary N) is 1. The number of carbonyl (C=O) groups is 1. The Morgan fingerprint density at radius 2 is 1.63 bits per heavy atom. The maximum Gasteiger partial charge on any atom is 0.435 e. The Balaban J connectivity index is 1.81. The van der Waals surface area contributed by atoms with Crippen molar-refractivity contribution in [2.24, 2.45) is 7.05 Å². The van der Waals surface area contributed by atoms with E-state index in [-0.39, 0.29) is 11.6 Å². The van der Waals surface area contributed by atoms with Crippen molar-refractivity contribution in [1.82, 2.24) is 9.78 Å². The molecular weight excluding hydrogens is 446 g/mol. The number of hydrogen-bond donors (Lipinski definition) is 1. The van der Waals surface area contributed by atoms with Crippen molar-refractivity contribution in [1.29, 1.82) is 0 Å². The molecule has 3 aromatic rings. The number of aryl methyl sites for hydroxylation is 1. The maximum atomic E-state index is 13.4. The first-order valence-corrected chi connectivity index (χ1v) is 9.15. The van der Waals surface area contributed by atoms with Crippen LogP contribution in [0.25, 0.3) is 0 Å². The standard InChI is InChI=1S/C19H14Cl2F3N3O3/c1-27-17(30-14-8-4-12(21)5-9-14)15(16(26-27)19(22,23)24)10-29-18(28)25-13-6-2-11(20)3-7-13/h2-9H,10H2,1H3,(H,25,28). The summed E-state index contributed by atoms with van der Waals surface area (Å²) in [7, 11) is 1.29. The third kappa shape index (κ3) is 5.37. The number of rotatable bonds is 5. The van der Waals surface area contributed by atoms with Gasteiger partial charge in [-0.2, -0.15) is 18.3 Å². The summed E-state index contributed by atoms with van der Waals surface area (Å²) in [4.78, 5) is 12.0. The van der Waals surface area contributed by atoms with Gasteiger partial charge in [-0.3, -0.25) is 5.32 Å². The van der Waals surface area contributed by atoms with Gasteiger partial charge in [-0.05, 0) is 48.5 Å². The summed E-state index contributed by atoms with van der Waals surface area (Å²) in [5.41, 5.74) is -1.27. The van der Waals surface area contributed by atoms with Gasteiger partial charge in [0.15, 0.2) is 5.69 Å². The second-order valence-electron chi connectivity index (χ2n) is 6.02. The Bertz CT molecular complexity index is 1040. The molecular formula is C19H14Cl2F3N3O3. The van der Waals surface area contributed by atoms with E-state index in [1.54, 1.807) is 0 Å². The fraction of sp³-hybridized carbons (Fsp3) is 0.158. The van der Waals surface area contributed by atoms with Crippen LogP contribution in [0.1, 0.15) is 11.3 Å². The number of halogens is 5. The first-order chi connectivity index (χ1) is 14.1. The van der Waals surface area contributed by atoms with Crippen LogP contribution in [0.2, 0.25) is 10.0 Å². The molecule has 1 heterocycles. The molecule has 0 aliphatic heterocycles. The number of alkyl halides is 3. The Kier molecular flexibility index (Phi) is 6.42. The molecule has 0 aliphatic rings. The van der Waals surface area contributed by atoms with Crippen molar-refractivity contribution in [3.8, 4) is 11.6 Å². The predicted molar refractivity (Wildman–Crippen MR) is 105 cm³/mol. The van der Waals surface area contributed by atoms with E-state index >= 15 is 0 Å². The highest BCUT2D eigenvalue weighted by Crippen LogP contribution is 2.37. The zero-order chi connectivity index (χ0) is 21.9. The highest BCUT2D eigenvalue weighted by Gasteiger charge is 2.40. The SMILES string of the molecule is Cn1nc(C(F)(F)F)c(COC(=O)Nc2ccc(Cl)cc2)c1Oc1ccc(Cl)cc1. The summed E-state index contributed by atoms with van der Waals surface area (Å²) in [6.07, 6.45) is -5.73. The number of hydrogen-bond acceptors (Lipinski definition) is 4. The fourth-order valence-electron chi connectivity index (χ4n) is 2.48. The van der Waals surface area contributed by atoms with Gasteiger partial charge in [-0.25, -0.2) is 9.48 Å². The van der Waals surface area contributed by atoms with Crippen molar-refractivity contribution in [3.05, 3.63) is 69.8 Å². The minimum Gasteiger partial charge on any atom is -0.444 e. The first kappa shape index (κ1) is 21.8. The second kappa shape index (κ2) is 8.85. The van der Waals surface area contributed by atoms with Crippen LogP contribution in [0.4, 0.5) is 23.7 Å². The topological polar surface area (TPSA) is 65.4 Å². The summed E-state index contributed by atoms with van der Waals surface area (Å²) >= 11 is 11.6.